The van der Waals surface area contributed by atoms with Gasteiger partial charge in [0.15, 0.2) is 0 Å². The second kappa shape index (κ2) is 10.6. The summed E-state index contributed by atoms with van der Waals surface area (Å²) in [5, 5.41) is 19.8. The first-order valence-corrected chi connectivity index (χ1v) is 11.1. The van der Waals surface area contributed by atoms with E-state index in [2.05, 4.69) is 38.8 Å². The van der Waals surface area contributed by atoms with Gasteiger partial charge in [0.1, 0.15) is 6.29 Å². The summed E-state index contributed by atoms with van der Waals surface area (Å²) < 4.78 is 0. The van der Waals surface area contributed by atoms with E-state index in [1.807, 2.05) is 0 Å². The van der Waals surface area contributed by atoms with Crippen LogP contribution in [-0.2, 0) is 4.79 Å². The molecule has 2 saturated heterocycles. The zero-order valence-electron chi connectivity index (χ0n) is 18.1. The standard InChI is InChI=1S/C20H39N7O2/c1-13-10-17(22-9-7-18(28)27(2)3)25-19(23-13)26-20(29)24-16-5-4-15-12-21-8-6-14(15)11-16/h13-17,19,21-23,25H,4-12H2,1-3H3,(H2,24,26,29). The molecule has 6 unspecified atom stereocenters. The van der Waals surface area contributed by atoms with Crippen LogP contribution in [0.3, 0.4) is 0 Å². The highest BCUT2D eigenvalue weighted by Crippen LogP contribution is 2.33. The summed E-state index contributed by atoms with van der Waals surface area (Å²) in [5.74, 6) is 1.62. The van der Waals surface area contributed by atoms with Crippen LogP contribution in [0.2, 0.25) is 0 Å². The van der Waals surface area contributed by atoms with Gasteiger partial charge < -0.3 is 26.2 Å². The van der Waals surface area contributed by atoms with E-state index in [-0.39, 0.29) is 36.5 Å². The monoisotopic (exact) mass is 409 g/mol. The topological polar surface area (TPSA) is 110 Å². The van der Waals surface area contributed by atoms with Gasteiger partial charge in [0, 0.05) is 39.1 Å². The predicted molar refractivity (Wildman–Crippen MR) is 113 cm³/mol. The van der Waals surface area contributed by atoms with Crippen molar-refractivity contribution in [3.05, 3.63) is 0 Å². The molecule has 1 aliphatic carbocycles. The number of carbonyl (C=O) groups is 2. The first kappa shape index (κ1) is 22.3. The van der Waals surface area contributed by atoms with Crippen LogP contribution in [-0.4, -0.2) is 75.1 Å². The first-order valence-electron chi connectivity index (χ1n) is 11.1. The van der Waals surface area contributed by atoms with E-state index < -0.39 is 0 Å². The summed E-state index contributed by atoms with van der Waals surface area (Å²) in [6, 6.07) is 0.401. The average Bonchev–Trinajstić information content (AvgIpc) is 2.67. The van der Waals surface area contributed by atoms with Gasteiger partial charge in [-0.05, 0) is 64.0 Å². The third kappa shape index (κ3) is 6.80. The molecule has 0 bridgehead atoms. The van der Waals surface area contributed by atoms with Gasteiger partial charge in [-0.25, -0.2) is 4.79 Å². The Labute approximate surface area is 174 Å². The maximum absolute atomic E-state index is 12.5. The zero-order chi connectivity index (χ0) is 20.8. The summed E-state index contributed by atoms with van der Waals surface area (Å²) in [5.41, 5.74) is 0. The normalized spacial score (nSPS) is 34.7. The number of fused-ring (bicyclic) bond motifs is 1. The van der Waals surface area contributed by atoms with Crippen LogP contribution in [0.25, 0.3) is 0 Å². The van der Waals surface area contributed by atoms with E-state index in [1.165, 1.54) is 12.8 Å². The molecule has 9 nitrogen and oxygen atoms in total. The van der Waals surface area contributed by atoms with Crippen LogP contribution in [0.1, 0.15) is 45.4 Å². The van der Waals surface area contributed by atoms with E-state index in [1.54, 1.807) is 19.0 Å². The van der Waals surface area contributed by atoms with Crippen LogP contribution in [0.5, 0.6) is 0 Å². The van der Waals surface area contributed by atoms with Gasteiger partial charge in [0.05, 0.1) is 6.17 Å². The molecule has 3 aliphatic rings. The second-order valence-electron chi connectivity index (χ2n) is 9.09. The smallest absolute Gasteiger partial charge is 0.317 e. The van der Waals surface area contributed by atoms with Gasteiger partial charge in [0.2, 0.25) is 5.91 Å². The maximum atomic E-state index is 12.5. The zero-order valence-corrected chi connectivity index (χ0v) is 18.1. The minimum Gasteiger partial charge on any atom is -0.349 e. The van der Waals surface area contributed by atoms with Crippen molar-refractivity contribution in [2.75, 3.05) is 33.7 Å². The highest BCUT2D eigenvalue weighted by molar-refractivity contribution is 5.75. The van der Waals surface area contributed by atoms with Crippen LogP contribution >= 0.6 is 0 Å². The van der Waals surface area contributed by atoms with Crippen LogP contribution in [0.15, 0.2) is 0 Å². The van der Waals surface area contributed by atoms with Crippen molar-refractivity contribution < 1.29 is 9.59 Å². The van der Waals surface area contributed by atoms with Crippen molar-refractivity contribution in [1.82, 2.24) is 36.8 Å². The number of hydrogen-bond acceptors (Lipinski definition) is 6. The molecule has 166 valence electrons. The maximum Gasteiger partial charge on any atom is 0.317 e. The molecule has 2 aliphatic heterocycles. The number of carbonyl (C=O) groups excluding carboxylic acids is 2. The number of rotatable bonds is 6. The Kier molecular flexibility index (Phi) is 8.11. The molecule has 0 spiro atoms. The van der Waals surface area contributed by atoms with Gasteiger partial charge in [-0.2, -0.15) is 0 Å². The van der Waals surface area contributed by atoms with Crippen LogP contribution in [0.4, 0.5) is 4.79 Å². The largest absolute Gasteiger partial charge is 0.349 e. The number of nitrogens with zero attached hydrogens (tertiary/aromatic N) is 1. The van der Waals surface area contributed by atoms with Crippen molar-refractivity contribution >= 4 is 11.9 Å². The third-order valence-corrected chi connectivity index (χ3v) is 6.49. The fraction of sp³-hybridized carbons (Fsp3) is 0.900. The summed E-state index contributed by atoms with van der Waals surface area (Å²) in [6.45, 7) is 4.94. The van der Waals surface area contributed by atoms with E-state index in [0.29, 0.717) is 13.0 Å². The average molecular weight is 410 g/mol. The number of urea groups is 1. The summed E-state index contributed by atoms with van der Waals surface area (Å²) in [4.78, 5) is 25.9. The van der Waals surface area contributed by atoms with E-state index in [4.69, 9.17) is 0 Å². The molecule has 0 aromatic carbocycles. The van der Waals surface area contributed by atoms with Crippen molar-refractivity contribution in [3.8, 4) is 0 Å². The molecule has 0 aromatic heterocycles. The van der Waals surface area contributed by atoms with Crippen molar-refractivity contribution in [3.63, 3.8) is 0 Å². The highest BCUT2D eigenvalue weighted by Gasteiger charge is 2.33. The molecular weight excluding hydrogens is 370 g/mol. The molecular formula is C20H39N7O2. The first-order chi connectivity index (χ1) is 13.9. The van der Waals surface area contributed by atoms with Gasteiger partial charge in [-0.3, -0.25) is 15.4 Å². The molecule has 3 fully saturated rings. The van der Waals surface area contributed by atoms with Gasteiger partial charge in [-0.15, -0.1) is 0 Å². The Bertz CT molecular complexity index is 559. The van der Waals surface area contributed by atoms with Gasteiger partial charge in [-0.1, -0.05) is 0 Å². The minimum atomic E-state index is -0.295. The van der Waals surface area contributed by atoms with Gasteiger partial charge >= 0.3 is 6.03 Å². The highest BCUT2D eigenvalue weighted by atomic mass is 16.2. The van der Waals surface area contributed by atoms with Crippen molar-refractivity contribution in [2.24, 2.45) is 11.8 Å². The molecule has 29 heavy (non-hydrogen) atoms. The van der Waals surface area contributed by atoms with Crippen LogP contribution in [0, 0.1) is 11.8 Å². The van der Waals surface area contributed by atoms with Crippen molar-refractivity contribution in [1.29, 1.82) is 0 Å². The summed E-state index contributed by atoms with van der Waals surface area (Å²) in [6.07, 6.45) is 5.66. The third-order valence-electron chi connectivity index (χ3n) is 6.49. The lowest BCUT2D eigenvalue weighted by atomic mass is 9.73. The van der Waals surface area contributed by atoms with Crippen LogP contribution < -0.4 is 31.9 Å². The quantitative estimate of drug-likeness (QED) is 0.360. The Hall–Kier alpha value is -1.42. The summed E-state index contributed by atoms with van der Waals surface area (Å²) in [7, 11) is 3.53. The number of nitrogens with one attached hydrogen (secondary N) is 6. The molecule has 0 aromatic rings. The lowest BCUT2D eigenvalue weighted by Crippen LogP contribution is -2.68. The lowest BCUT2D eigenvalue weighted by Gasteiger charge is -2.40. The molecule has 6 atom stereocenters. The number of piperidine rings is 1. The molecule has 2 heterocycles. The van der Waals surface area contributed by atoms with Crippen molar-refractivity contribution in [2.45, 2.75) is 70.0 Å². The Morgan fingerprint density at radius 2 is 1.86 bits per heavy atom. The molecule has 1 saturated carbocycles. The number of amides is 3. The SMILES string of the molecule is CC1CC(NCCC(=O)N(C)C)NC(NC(=O)NC2CCC3CNCCC3C2)N1. The molecule has 6 N–H and O–H groups in total. The van der Waals surface area contributed by atoms with E-state index in [9.17, 15) is 9.59 Å². The predicted octanol–water partition coefficient (Wildman–Crippen LogP) is -0.287. The molecule has 9 heteroatoms. The Balaban J connectivity index is 1.39. The minimum absolute atomic E-state index is 0.0525. The Morgan fingerprint density at radius 1 is 1.03 bits per heavy atom. The van der Waals surface area contributed by atoms with E-state index >= 15 is 0 Å². The molecule has 3 rings (SSSR count). The number of hydrogen-bond donors (Lipinski definition) is 6. The van der Waals surface area contributed by atoms with Gasteiger partial charge in [0.25, 0.3) is 0 Å². The summed E-state index contributed by atoms with van der Waals surface area (Å²) >= 11 is 0. The molecule has 3 amide bonds. The fourth-order valence-electron chi connectivity index (χ4n) is 4.84. The lowest BCUT2D eigenvalue weighted by molar-refractivity contribution is -0.128. The molecule has 0 radical (unpaired) electrons. The second-order valence-corrected chi connectivity index (χ2v) is 9.09. The van der Waals surface area contributed by atoms with E-state index in [0.717, 1.165) is 44.2 Å². The fourth-order valence-corrected chi connectivity index (χ4v) is 4.84. The Morgan fingerprint density at radius 3 is 2.66 bits per heavy atom.